The molecule has 0 bridgehead atoms. The zero-order valence-electron chi connectivity index (χ0n) is 15.9. The second-order valence-electron chi connectivity index (χ2n) is 7.26. The van der Waals surface area contributed by atoms with Crippen molar-refractivity contribution in [3.63, 3.8) is 0 Å². The van der Waals surface area contributed by atoms with Gasteiger partial charge in [0.1, 0.15) is 12.1 Å². The number of nitrogens with two attached hydrogens (primary N) is 1. The molecule has 1 amide bonds. The van der Waals surface area contributed by atoms with E-state index >= 15 is 0 Å². The third-order valence-corrected chi connectivity index (χ3v) is 5.40. The predicted molar refractivity (Wildman–Crippen MR) is 107 cm³/mol. The number of para-hydroxylation sites is 1. The van der Waals surface area contributed by atoms with Crippen LogP contribution in [-0.4, -0.2) is 35.0 Å². The highest BCUT2D eigenvalue weighted by Gasteiger charge is 2.32. The van der Waals surface area contributed by atoms with Gasteiger partial charge in [0.2, 0.25) is 0 Å². The van der Waals surface area contributed by atoms with Gasteiger partial charge in [0.05, 0.1) is 16.6 Å². The Hall–Kier alpha value is -3.20. The van der Waals surface area contributed by atoms with Crippen molar-refractivity contribution in [1.29, 1.82) is 0 Å². The first-order valence-electron chi connectivity index (χ1n) is 9.52. The minimum Gasteiger partial charge on any atom is -0.366 e. The molecule has 0 radical (unpaired) electrons. The van der Waals surface area contributed by atoms with Gasteiger partial charge < -0.3 is 16.4 Å². The van der Waals surface area contributed by atoms with Gasteiger partial charge in [-0.25, -0.2) is 9.97 Å². The maximum absolute atomic E-state index is 12.9. The number of nitrogens with zero attached hydrogens (tertiary/aromatic N) is 2. The summed E-state index contributed by atoms with van der Waals surface area (Å²) in [6.07, 6.45) is -2.23. The Morgan fingerprint density at radius 1 is 1.13 bits per heavy atom. The molecule has 4 rings (SSSR count). The Morgan fingerprint density at radius 2 is 1.90 bits per heavy atom. The summed E-state index contributed by atoms with van der Waals surface area (Å²) in [7, 11) is 0. The summed E-state index contributed by atoms with van der Waals surface area (Å²) in [5.41, 5.74) is 6.38. The van der Waals surface area contributed by atoms with Crippen LogP contribution in [0.25, 0.3) is 10.9 Å². The van der Waals surface area contributed by atoms with E-state index in [-0.39, 0.29) is 12.0 Å². The largest absolute Gasteiger partial charge is 0.416 e. The normalized spacial score (nSPS) is 19.6. The number of fused-ring (bicyclic) bond motifs is 1. The van der Waals surface area contributed by atoms with E-state index in [4.69, 9.17) is 5.73 Å². The molecule has 1 aliphatic rings. The number of hydrogen-bond donors (Lipinski definition) is 3. The number of nitrogens with one attached hydrogen (secondary N) is 2. The first-order chi connectivity index (χ1) is 14.3. The van der Waals surface area contributed by atoms with Crippen LogP contribution in [-0.2, 0) is 6.18 Å². The van der Waals surface area contributed by atoms with Crippen molar-refractivity contribution >= 4 is 22.6 Å². The van der Waals surface area contributed by atoms with E-state index in [1.807, 2.05) is 0 Å². The monoisotopic (exact) mass is 415 g/mol. The van der Waals surface area contributed by atoms with Crippen LogP contribution in [0, 0.1) is 0 Å². The van der Waals surface area contributed by atoms with Gasteiger partial charge >= 0.3 is 6.18 Å². The number of hydrogen-bond acceptors (Lipinski definition) is 5. The number of rotatable bonds is 4. The molecule has 6 nitrogen and oxygen atoms in total. The van der Waals surface area contributed by atoms with Crippen molar-refractivity contribution in [2.45, 2.75) is 24.6 Å². The van der Waals surface area contributed by atoms with E-state index in [2.05, 4.69) is 20.6 Å². The van der Waals surface area contributed by atoms with Crippen molar-refractivity contribution in [1.82, 2.24) is 15.3 Å². The van der Waals surface area contributed by atoms with E-state index in [1.54, 1.807) is 18.2 Å². The average Bonchev–Trinajstić information content (AvgIpc) is 2.73. The molecule has 0 saturated carbocycles. The van der Waals surface area contributed by atoms with Crippen molar-refractivity contribution < 1.29 is 18.0 Å². The third-order valence-electron chi connectivity index (χ3n) is 5.40. The Morgan fingerprint density at radius 3 is 2.60 bits per heavy atom. The molecule has 0 aliphatic carbocycles. The van der Waals surface area contributed by atoms with Crippen LogP contribution < -0.4 is 16.4 Å². The molecule has 2 atom stereocenters. The van der Waals surface area contributed by atoms with Crippen LogP contribution in [0.1, 0.15) is 33.8 Å². The lowest BCUT2D eigenvalue weighted by molar-refractivity contribution is -0.137. The van der Waals surface area contributed by atoms with Crippen molar-refractivity contribution in [2.75, 3.05) is 18.4 Å². The molecule has 2 aromatic carbocycles. The fourth-order valence-corrected chi connectivity index (χ4v) is 3.91. The fourth-order valence-electron chi connectivity index (χ4n) is 3.91. The maximum Gasteiger partial charge on any atom is 0.416 e. The van der Waals surface area contributed by atoms with Gasteiger partial charge in [-0.3, -0.25) is 4.79 Å². The summed E-state index contributed by atoms with van der Waals surface area (Å²) in [4.78, 5) is 20.2. The molecule has 1 aromatic heterocycles. The van der Waals surface area contributed by atoms with E-state index in [1.165, 1.54) is 18.5 Å². The van der Waals surface area contributed by atoms with Crippen molar-refractivity contribution in [3.8, 4) is 0 Å². The topological polar surface area (TPSA) is 92.9 Å². The van der Waals surface area contributed by atoms with Gasteiger partial charge in [0, 0.05) is 23.9 Å². The highest BCUT2D eigenvalue weighted by atomic mass is 19.4. The molecular formula is C21H20F3N5O. The number of carbonyl (C=O) groups is 1. The van der Waals surface area contributed by atoms with E-state index in [9.17, 15) is 18.0 Å². The van der Waals surface area contributed by atoms with E-state index in [0.717, 1.165) is 30.7 Å². The first kappa shape index (κ1) is 20.1. The highest BCUT2D eigenvalue weighted by Crippen LogP contribution is 2.33. The minimum absolute atomic E-state index is 0.00197. The van der Waals surface area contributed by atoms with Crippen LogP contribution in [0.3, 0.4) is 0 Å². The van der Waals surface area contributed by atoms with Gasteiger partial charge in [0.15, 0.2) is 0 Å². The van der Waals surface area contributed by atoms with Crippen molar-refractivity contribution in [2.24, 2.45) is 5.73 Å². The van der Waals surface area contributed by atoms with Crippen LogP contribution in [0.15, 0.2) is 48.8 Å². The number of alkyl halides is 3. The lowest BCUT2D eigenvalue weighted by Gasteiger charge is -2.34. The van der Waals surface area contributed by atoms with E-state index in [0.29, 0.717) is 28.8 Å². The summed E-state index contributed by atoms with van der Waals surface area (Å²) < 4.78 is 38.7. The molecule has 30 heavy (non-hydrogen) atoms. The molecule has 1 aliphatic heterocycles. The number of halogens is 3. The molecule has 1 fully saturated rings. The Labute approximate surface area is 170 Å². The predicted octanol–water partition coefficient (Wildman–Crippen LogP) is 3.31. The number of anilines is 1. The number of carbonyl (C=O) groups excluding carboxylic acids is 1. The molecule has 9 heteroatoms. The summed E-state index contributed by atoms with van der Waals surface area (Å²) in [5.74, 6) is -0.0289. The lowest BCUT2D eigenvalue weighted by atomic mass is 9.85. The van der Waals surface area contributed by atoms with Gasteiger partial charge in [0.25, 0.3) is 5.91 Å². The molecule has 156 valence electrons. The van der Waals surface area contributed by atoms with Gasteiger partial charge in [-0.2, -0.15) is 13.2 Å². The lowest BCUT2D eigenvalue weighted by Crippen LogP contribution is -2.44. The summed E-state index contributed by atoms with van der Waals surface area (Å²) in [6.45, 7) is 1.38. The maximum atomic E-state index is 12.9. The highest BCUT2D eigenvalue weighted by molar-refractivity contribution is 6.06. The summed E-state index contributed by atoms with van der Waals surface area (Å²) >= 11 is 0. The molecule has 2 heterocycles. The zero-order chi connectivity index (χ0) is 21.3. The second-order valence-corrected chi connectivity index (χ2v) is 7.26. The molecule has 1 saturated heterocycles. The number of piperidine rings is 1. The fraction of sp³-hybridized carbons (Fsp3) is 0.286. The number of amides is 1. The van der Waals surface area contributed by atoms with E-state index < -0.39 is 17.6 Å². The Kier molecular flexibility index (Phi) is 5.29. The molecule has 0 spiro atoms. The smallest absolute Gasteiger partial charge is 0.366 e. The van der Waals surface area contributed by atoms with Crippen LogP contribution in [0.2, 0.25) is 0 Å². The van der Waals surface area contributed by atoms with Crippen LogP contribution in [0.5, 0.6) is 0 Å². The quantitative estimate of drug-likeness (QED) is 0.608. The number of primary amides is 1. The Bertz CT molecular complexity index is 1070. The van der Waals surface area contributed by atoms with Crippen LogP contribution in [0.4, 0.5) is 19.0 Å². The Balaban J connectivity index is 1.65. The van der Waals surface area contributed by atoms with Crippen LogP contribution >= 0.6 is 0 Å². The molecular weight excluding hydrogens is 395 g/mol. The zero-order valence-corrected chi connectivity index (χ0v) is 15.9. The summed E-state index contributed by atoms with van der Waals surface area (Å²) in [5, 5.41) is 7.36. The third kappa shape index (κ3) is 3.93. The standard InChI is InChI=1S/C21H20F3N5O/c22-21(23,24)13-6-4-12(5-7-13)14-8-9-26-10-17(14)29-20-16-3-1-2-15(19(25)30)18(16)27-11-28-20/h1-7,11,14,17,26H,8-10H2,(H2,25,30)(H,27,28,29)/t14-,17+/m1/s1. The molecule has 3 aromatic rings. The van der Waals surface area contributed by atoms with Gasteiger partial charge in [-0.1, -0.05) is 18.2 Å². The minimum atomic E-state index is -4.36. The summed E-state index contributed by atoms with van der Waals surface area (Å²) in [6, 6.07) is 10.3. The SMILES string of the molecule is NC(=O)c1cccc2c(N[C@H]3CNCC[C@@H]3c3ccc(C(F)(F)F)cc3)ncnc12. The van der Waals surface area contributed by atoms with Crippen molar-refractivity contribution in [3.05, 3.63) is 65.5 Å². The molecule has 4 N–H and O–H groups in total. The molecule has 0 unspecified atom stereocenters. The van der Waals surface area contributed by atoms with Gasteiger partial charge in [-0.15, -0.1) is 0 Å². The first-order valence-corrected chi connectivity index (χ1v) is 9.52. The second kappa shape index (κ2) is 7.91. The number of benzene rings is 2. The number of aromatic nitrogens is 2. The average molecular weight is 415 g/mol. The van der Waals surface area contributed by atoms with Gasteiger partial charge in [-0.05, 0) is 42.8 Å².